The molecule has 4 atom stereocenters. The van der Waals surface area contributed by atoms with Gasteiger partial charge in [0, 0.05) is 6.61 Å². The molecule has 16 heavy (non-hydrogen) atoms. The maximum Gasteiger partial charge on any atom is 0.0459 e. The van der Waals surface area contributed by atoms with Crippen molar-refractivity contribution >= 4 is 15.9 Å². The summed E-state index contributed by atoms with van der Waals surface area (Å²) in [6, 6.07) is 0. The fraction of sp³-hybridized carbons (Fsp3) is 0.857. The largest absolute Gasteiger partial charge is 0.396 e. The Kier molecular flexibility index (Phi) is 3.80. The lowest BCUT2D eigenvalue weighted by Gasteiger charge is -2.44. The molecular weight excluding hydrogens is 264 g/mol. The Labute approximate surface area is 107 Å². The maximum atomic E-state index is 9.40. The summed E-state index contributed by atoms with van der Waals surface area (Å²) in [6.07, 6.45) is 6.55. The van der Waals surface area contributed by atoms with Gasteiger partial charge in [-0.3, -0.25) is 0 Å². The van der Waals surface area contributed by atoms with Crippen LogP contribution in [0.2, 0.25) is 0 Å². The van der Waals surface area contributed by atoms with Gasteiger partial charge in [0.2, 0.25) is 0 Å². The minimum Gasteiger partial charge on any atom is -0.396 e. The van der Waals surface area contributed by atoms with Crippen molar-refractivity contribution in [3.63, 3.8) is 0 Å². The first kappa shape index (κ1) is 12.6. The van der Waals surface area contributed by atoms with Crippen LogP contribution < -0.4 is 0 Å². The summed E-state index contributed by atoms with van der Waals surface area (Å²) in [4.78, 5) is 2.17. The van der Waals surface area contributed by atoms with Gasteiger partial charge in [-0.15, -0.1) is 0 Å². The molecule has 0 radical (unpaired) electrons. The highest BCUT2D eigenvalue weighted by Gasteiger charge is 2.50. The molecule has 2 heteroatoms. The second kappa shape index (κ2) is 4.81. The molecule has 1 N–H and O–H groups in total. The van der Waals surface area contributed by atoms with Gasteiger partial charge in [-0.05, 0) is 60.3 Å². The Hall–Kier alpha value is 0.180. The zero-order valence-electron chi connectivity index (χ0n) is 10.4. The Morgan fingerprint density at radius 1 is 1.56 bits per heavy atom. The fourth-order valence-corrected chi connectivity index (χ4v) is 4.82. The van der Waals surface area contributed by atoms with Crippen LogP contribution in [-0.4, -0.2) is 11.7 Å². The van der Waals surface area contributed by atoms with Crippen molar-refractivity contribution in [1.82, 2.24) is 0 Å². The molecule has 2 aliphatic rings. The highest BCUT2D eigenvalue weighted by Crippen LogP contribution is 2.59. The van der Waals surface area contributed by atoms with Crippen molar-refractivity contribution in [3.05, 3.63) is 10.6 Å². The summed E-state index contributed by atoms with van der Waals surface area (Å²) in [5.41, 5.74) is 2.06. The van der Waals surface area contributed by atoms with E-state index in [0.717, 1.165) is 5.92 Å². The van der Waals surface area contributed by atoms with Gasteiger partial charge in [0.05, 0.1) is 0 Å². The number of rotatable bonds is 2. The topological polar surface area (TPSA) is 20.2 Å². The summed E-state index contributed by atoms with van der Waals surface area (Å²) >= 11 is 3.53. The van der Waals surface area contributed by atoms with E-state index in [9.17, 15) is 5.11 Å². The zero-order chi connectivity index (χ0) is 11.8. The predicted octanol–water partition coefficient (Wildman–Crippen LogP) is 4.11. The third-order valence-electron chi connectivity index (χ3n) is 5.15. The van der Waals surface area contributed by atoms with E-state index < -0.39 is 0 Å². The van der Waals surface area contributed by atoms with Crippen molar-refractivity contribution in [2.45, 2.75) is 46.0 Å². The molecule has 0 bridgehead atoms. The Balaban J connectivity index is 2.23. The predicted molar refractivity (Wildman–Crippen MR) is 71.4 cm³/mol. The van der Waals surface area contributed by atoms with E-state index in [1.165, 1.54) is 32.1 Å². The van der Waals surface area contributed by atoms with Crippen LogP contribution in [0.1, 0.15) is 46.0 Å². The number of fused-ring (bicyclic) bond motifs is 1. The number of halogens is 1. The third-order valence-corrected chi connectivity index (χ3v) is 5.74. The van der Waals surface area contributed by atoms with E-state index in [-0.39, 0.29) is 0 Å². The van der Waals surface area contributed by atoms with Crippen LogP contribution in [0.3, 0.4) is 0 Å². The van der Waals surface area contributed by atoms with Crippen LogP contribution in [0, 0.1) is 23.2 Å². The molecule has 0 aromatic carbocycles. The van der Waals surface area contributed by atoms with Gasteiger partial charge in [-0.2, -0.15) is 0 Å². The maximum absolute atomic E-state index is 9.40. The van der Waals surface area contributed by atoms with Crippen LogP contribution in [-0.2, 0) is 0 Å². The minimum absolute atomic E-state index is 0.348. The Morgan fingerprint density at radius 2 is 2.31 bits per heavy atom. The molecule has 0 saturated heterocycles. The van der Waals surface area contributed by atoms with Crippen molar-refractivity contribution < 1.29 is 5.11 Å². The lowest BCUT2D eigenvalue weighted by Crippen LogP contribution is -2.36. The van der Waals surface area contributed by atoms with Crippen LogP contribution >= 0.6 is 15.9 Å². The molecule has 0 aliphatic heterocycles. The van der Waals surface area contributed by atoms with Gasteiger partial charge in [0.25, 0.3) is 0 Å². The molecule has 0 amide bonds. The van der Waals surface area contributed by atoms with E-state index in [0.29, 0.717) is 23.9 Å². The average molecular weight is 287 g/mol. The van der Waals surface area contributed by atoms with Crippen molar-refractivity contribution in [1.29, 1.82) is 0 Å². The molecule has 2 aliphatic carbocycles. The minimum atomic E-state index is 0.348. The molecule has 2 saturated carbocycles. The number of aliphatic hydroxyl groups is 1. The highest BCUT2D eigenvalue weighted by atomic mass is 79.9. The van der Waals surface area contributed by atoms with Crippen LogP contribution in [0.5, 0.6) is 0 Å². The molecule has 1 nitrogen and oxygen atoms in total. The number of hydrogen-bond donors (Lipinski definition) is 1. The van der Waals surface area contributed by atoms with Gasteiger partial charge in [0.1, 0.15) is 0 Å². The number of allylic oxidation sites excluding steroid dienone is 1. The van der Waals surface area contributed by atoms with E-state index in [1.807, 2.05) is 0 Å². The quantitative estimate of drug-likeness (QED) is 0.810. The van der Waals surface area contributed by atoms with Gasteiger partial charge < -0.3 is 5.11 Å². The van der Waals surface area contributed by atoms with E-state index in [1.54, 1.807) is 5.57 Å². The van der Waals surface area contributed by atoms with Gasteiger partial charge in [0.15, 0.2) is 0 Å². The molecule has 0 spiro atoms. The summed E-state index contributed by atoms with van der Waals surface area (Å²) in [6.45, 7) is 5.02. The molecule has 0 aromatic heterocycles. The Bertz CT molecular complexity index is 286. The molecule has 2 fully saturated rings. The lowest BCUT2D eigenvalue weighted by atomic mass is 9.61. The van der Waals surface area contributed by atoms with Gasteiger partial charge in [-0.25, -0.2) is 0 Å². The first-order valence-corrected chi connectivity index (χ1v) is 7.45. The number of hydrogen-bond acceptors (Lipinski definition) is 1. The number of aliphatic hydroxyl groups excluding tert-OH is 1. The average Bonchev–Trinajstić information content (AvgIpc) is 2.64. The SMILES string of the molecule is C[C@H](CO)[C@H]1CC[C@@H]2/C(=C/Br)CCC[C@@]21C. The standard InChI is InChI=1S/C14H23BrO/c1-10(9-16)12-5-6-13-11(8-15)4-3-7-14(12,13)2/h8,10,12-13,16H,3-7,9H2,1-2H3/b11-8+/t10-,12-,13-,14-/m1/s1. The molecule has 0 aromatic rings. The summed E-state index contributed by atoms with van der Waals surface area (Å²) in [5, 5.41) is 9.40. The zero-order valence-corrected chi connectivity index (χ0v) is 12.0. The van der Waals surface area contributed by atoms with Crippen molar-refractivity contribution in [2.24, 2.45) is 23.2 Å². The van der Waals surface area contributed by atoms with Crippen LogP contribution in [0.25, 0.3) is 0 Å². The normalized spacial score (nSPS) is 43.4. The van der Waals surface area contributed by atoms with Gasteiger partial charge >= 0.3 is 0 Å². The second-order valence-electron chi connectivity index (χ2n) is 5.94. The molecular formula is C14H23BrO. The van der Waals surface area contributed by atoms with E-state index in [2.05, 4.69) is 34.8 Å². The third kappa shape index (κ3) is 1.88. The molecule has 0 heterocycles. The summed E-state index contributed by atoms with van der Waals surface area (Å²) in [5.74, 6) is 1.94. The van der Waals surface area contributed by atoms with Crippen LogP contribution in [0.4, 0.5) is 0 Å². The smallest absolute Gasteiger partial charge is 0.0459 e. The van der Waals surface area contributed by atoms with E-state index in [4.69, 9.17) is 0 Å². The Morgan fingerprint density at radius 3 is 2.94 bits per heavy atom. The molecule has 92 valence electrons. The fourth-order valence-electron chi connectivity index (χ4n) is 4.27. The van der Waals surface area contributed by atoms with Gasteiger partial charge in [-0.1, -0.05) is 35.4 Å². The first-order chi connectivity index (χ1) is 7.63. The summed E-state index contributed by atoms with van der Waals surface area (Å²) < 4.78 is 0. The van der Waals surface area contributed by atoms with Crippen molar-refractivity contribution in [3.8, 4) is 0 Å². The van der Waals surface area contributed by atoms with Crippen molar-refractivity contribution in [2.75, 3.05) is 6.61 Å². The highest BCUT2D eigenvalue weighted by molar-refractivity contribution is 9.11. The lowest BCUT2D eigenvalue weighted by molar-refractivity contribution is 0.0691. The first-order valence-electron chi connectivity index (χ1n) is 6.53. The van der Waals surface area contributed by atoms with Crippen LogP contribution in [0.15, 0.2) is 10.6 Å². The van der Waals surface area contributed by atoms with E-state index >= 15 is 0 Å². The molecule has 0 unspecified atom stereocenters. The summed E-state index contributed by atoms with van der Waals surface area (Å²) in [7, 11) is 0. The monoisotopic (exact) mass is 286 g/mol. The second-order valence-corrected chi connectivity index (χ2v) is 6.40. The molecule has 2 rings (SSSR count).